The molecule has 0 saturated carbocycles. The van der Waals surface area contributed by atoms with E-state index in [0.29, 0.717) is 44.2 Å². The predicted octanol–water partition coefficient (Wildman–Crippen LogP) is 2.32. The molecule has 1 saturated heterocycles. The second-order valence-electron chi connectivity index (χ2n) is 7.14. The monoisotopic (exact) mass is 416 g/mol. The fourth-order valence-electron chi connectivity index (χ4n) is 3.69. The van der Waals surface area contributed by atoms with Crippen molar-refractivity contribution in [2.45, 2.75) is 36.7 Å². The fraction of sp³-hybridized carbons (Fsp3) is 0.381. The van der Waals surface area contributed by atoms with Gasteiger partial charge in [0.25, 0.3) is 0 Å². The summed E-state index contributed by atoms with van der Waals surface area (Å²) < 4.78 is 38.5. The number of benzene rings is 2. The molecule has 0 bridgehead atoms. The first-order valence-corrected chi connectivity index (χ1v) is 11.2. The highest BCUT2D eigenvalue weighted by atomic mass is 32.2. The molecule has 0 spiro atoms. The third-order valence-electron chi connectivity index (χ3n) is 5.18. The van der Waals surface area contributed by atoms with Gasteiger partial charge >= 0.3 is 0 Å². The van der Waals surface area contributed by atoms with Gasteiger partial charge in [-0.1, -0.05) is 30.7 Å². The molecule has 7 nitrogen and oxygen atoms in total. The van der Waals surface area contributed by atoms with Crippen LogP contribution in [-0.2, 0) is 21.4 Å². The molecule has 0 aliphatic carbocycles. The first-order valence-electron chi connectivity index (χ1n) is 9.79. The van der Waals surface area contributed by atoms with Crippen molar-refractivity contribution in [3.8, 4) is 11.5 Å². The highest BCUT2D eigenvalue weighted by molar-refractivity contribution is 7.89. The smallest absolute Gasteiger partial charge is 0.243 e. The normalized spacial score (nSPS) is 19.5. The number of rotatable bonds is 5. The van der Waals surface area contributed by atoms with Crippen molar-refractivity contribution in [1.29, 1.82) is 0 Å². The largest absolute Gasteiger partial charge is 0.486 e. The molecular formula is C21H24N2O5S. The van der Waals surface area contributed by atoms with E-state index in [1.807, 2.05) is 18.2 Å². The standard InChI is InChI=1S/C21H24N2O5S/c24-21(22-15-16-9-10-19-20(14-16)28-13-12-27-19)18-8-4-5-11-23(18)29(25,26)17-6-2-1-3-7-17/h1-3,6-7,9-10,14,18H,4-5,8,11-13,15H2,(H,22,24). The average Bonchev–Trinajstić information content (AvgIpc) is 2.78. The maximum atomic E-state index is 13.1. The molecule has 1 fully saturated rings. The minimum absolute atomic E-state index is 0.214. The number of nitrogens with one attached hydrogen (secondary N) is 1. The maximum Gasteiger partial charge on any atom is 0.243 e. The van der Waals surface area contributed by atoms with Crippen molar-refractivity contribution in [2.75, 3.05) is 19.8 Å². The van der Waals surface area contributed by atoms with Crippen LogP contribution in [0.4, 0.5) is 0 Å². The van der Waals surface area contributed by atoms with Crippen LogP contribution in [0.25, 0.3) is 0 Å². The van der Waals surface area contributed by atoms with Gasteiger partial charge in [-0.05, 0) is 42.7 Å². The number of ether oxygens (including phenoxy) is 2. The van der Waals surface area contributed by atoms with Crippen LogP contribution in [0.1, 0.15) is 24.8 Å². The summed E-state index contributed by atoms with van der Waals surface area (Å²) in [6.45, 7) is 1.66. The second-order valence-corrected chi connectivity index (χ2v) is 9.03. The number of nitrogens with zero attached hydrogens (tertiary/aromatic N) is 1. The number of carbonyl (C=O) groups excluding carboxylic acids is 1. The van der Waals surface area contributed by atoms with Gasteiger partial charge in [-0.2, -0.15) is 4.31 Å². The van der Waals surface area contributed by atoms with E-state index < -0.39 is 16.1 Å². The van der Waals surface area contributed by atoms with E-state index in [4.69, 9.17) is 9.47 Å². The van der Waals surface area contributed by atoms with E-state index in [2.05, 4.69) is 5.32 Å². The lowest BCUT2D eigenvalue weighted by atomic mass is 10.0. The van der Waals surface area contributed by atoms with Gasteiger partial charge in [0.15, 0.2) is 11.5 Å². The molecular weight excluding hydrogens is 392 g/mol. The van der Waals surface area contributed by atoms with E-state index >= 15 is 0 Å². The molecule has 29 heavy (non-hydrogen) atoms. The van der Waals surface area contributed by atoms with Gasteiger partial charge in [-0.3, -0.25) is 4.79 Å². The minimum Gasteiger partial charge on any atom is -0.486 e. The lowest BCUT2D eigenvalue weighted by Crippen LogP contribution is -2.51. The molecule has 1 unspecified atom stereocenters. The summed E-state index contributed by atoms with van der Waals surface area (Å²) in [7, 11) is -3.72. The van der Waals surface area contributed by atoms with E-state index in [9.17, 15) is 13.2 Å². The molecule has 2 aromatic rings. The van der Waals surface area contributed by atoms with Gasteiger partial charge in [-0.25, -0.2) is 8.42 Å². The van der Waals surface area contributed by atoms with E-state index in [1.165, 1.54) is 4.31 Å². The average molecular weight is 416 g/mol. The lowest BCUT2D eigenvalue weighted by Gasteiger charge is -2.33. The zero-order chi connectivity index (χ0) is 20.3. The van der Waals surface area contributed by atoms with Gasteiger partial charge in [0.1, 0.15) is 19.3 Å². The van der Waals surface area contributed by atoms with Crippen molar-refractivity contribution in [2.24, 2.45) is 0 Å². The minimum atomic E-state index is -3.72. The molecule has 0 aromatic heterocycles. The van der Waals surface area contributed by atoms with Crippen molar-refractivity contribution < 1.29 is 22.7 Å². The number of piperidine rings is 1. The molecule has 8 heteroatoms. The first-order chi connectivity index (χ1) is 14.1. The molecule has 2 heterocycles. The van der Waals surface area contributed by atoms with Crippen LogP contribution in [-0.4, -0.2) is 44.4 Å². The predicted molar refractivity (Wildman–Crippen MR) is 107 cm³/mol. The highest BCUT2D eigenvalue weighted by Gasteiger charge is 2.37. The summed E-state index contributed by atoms with van der Waals surface area (Å²) in [5.74, 6) is 1.08. The maximum absolute atomic E-state index is 13.1. The quantitative estimate of drug-likeness (QED) is 0.809. The number of amides is 1. The lowest BCUT2D eigenvalue weighted by molar-refractivity contribution is -0.125. The molecule has 1 N–H and O–H groups in total. The zero-order valence-electron chi connectivity index (χ0n) is 16.0. The molecule has 1 atom stereocenters. The molecule has 2 aromatic carbocycles. The Labute approximate surface area is 170 Å². The Kier molecular flexibility index (Phi) is 5.73. The third-order valence-corrected chi connectivity index (χ3v) is 7.10. The van der Waals surface area contributed by atoms with Gasteiger partial charge in [0.2, 0.25) is 15.9 Å². The van der Waals surface area contributed by atoms with E-state index in [0.717, 1.165) is 18.4 Å². The first kappa shape index (κ1) is 19.7. The molecule has 1 amide bonds. The van der Waals surface area contributed by atoms with Crippen molar-refractivity contribution >= 4 is 15.9 Å². The number of hydrogen-bond donors (Lipinski definition) is 1. The van der Waals surface area contributed by atoms with Crippen LogP contribution in [0.3, 0.4) is 0 Å². The summed E-state index contributed by atoms with van der Waals surface area (Å²) in [4.78, 5) is 13.1. The summed E-state index contributed by atoms with van der Waals surface area (Å²) in [5.41, 5.74) is 0.871. The Morgan fingerprint density at radius 1 is 1.03 bits per heavy atom. The zero-order valence-corrected chi connectivity index (χ0v) is 16.9. The third kappa shape index (κ3) is 4.23. The molecule has 0 radical (unpaired) electrons. The number of sulfonamides is 1. The Hall–Kier alpha value is -2.58. The van der Waals surface area contributed by atoms with Gasteiger partial charge in [-0.15, -0.1) is 0 Å². The Bertz CT molecular complexity index is 978. The van der Waals surface area contributed by atoms with Crippen LogP contribution in [0.15, 0.2) is 53.4 Å². The van der Waals surface area contributed by atoms with Crippen molar-refractivity contribution in [3.05, 3.63) is 54.1 Å². The topological polar surface area (TPSA) is 84.9 Å². The van der Waals surface area contributed by atoms with Gasteiger partial charge in [0.05, 0.1) is 4.90 Å². The number of fused-ring (bicyclic) bond motifs is 1. The Morgan fingerprint density at radius 3 is 2.59 bits per heavy atom. The SMILES string of the molecule is O=C(NCc1ccc2c(c1)OCCO2)C1CCCCN1S(=O)(=O)c1ccccc1. The van der Waals surface area contributed by atoms with Gasteiger partial charge < -0.3 is 14.8 Å². The molecule has 154 valence electrons. The summed E-state index contributed by atoms with van der Waals surface area (Å²) in [5, 5.41) is 2.89. The van der Waals surface area contributed by atoms with Crippen LogP contribution < -0.4 is 14.8 Å². The fourth-order valence-corrected chi connectivity index (χ4v) is 5.36. The molecule has 4 rings (SSSR count). The number of hydrogen-bond acceptors (Lipinski definition) is 5. The highest BCUT2D eigenvalue weighted by Crippen LogP contribution is 2.31. The number of carbonyl (C=O) groups is 1. The van der Waals surface area contributed by atoms with Crippen molar-refractivity contribution in [3.63, 3.8) is 0 Å². The van der Waals surface area contributed by atoms with Crippen LogP contribution in [0.2, 0.25) is 0 Å². The summed E-state index contributed by atoms with van der Waals surface area (Å²) in [6, 6.07) is 13.1. The second kappa shape index (κ2) is 8.42. The van der Waals surface area contributed by atoms with Gasteiger partial charge in [0, 0.05) is 13.1 Å². The van der Waals surface area contributed by atoms with Crippen LogP contribution >= 0.6 is 0 Å². The summed E-state index contributed by atoms with van der Waals surface area (Å²) >= 11 is 0. The summed E-state index contributed by atoms with van der Waals surface area (Å²) in [6.07, 6.45) is 2.08. The van der Waals surface area contributed by atoms with Crippen molar-refractivity contribution in [1.82, 2.24) is 9.62 Å². The molecule has 2 aliphatic heterocycles. The van der Waals surface area contributed by atoms with Crippen LogP contribution in [0.5, 0.6) is 11.5 Å². The Balaban J connectivity index is 1.46. The van der Waals surface area contributed by atoms with E-state index in [1.54, 1.807) is 30.3 Å². The molecule has 2 aliphatic rings. The Morgan fingerprint density at radius 2 is 1.79 bits per heavy atom. The van der Waals surface area contributed by atoms with E-state index in [-0.39, 0.29) is 10.8 Å². The van der Waals surface area contributed by atoms with Crippen LogP contribution in [0, 0.1) is 0 Å².